The van der Waals surface area contributed by atoms with Crippen molar-refractivity contribution in [3.63, 3.8) is 0 Å². The minimum Gasteiger partial charge on any atom is -0.506 e. The molecule has 2 aromatic carbocycles. The van der Waals surface area contributed by atoms with Gasteiger partial charge in [0.05, 0.1) is 22.5 Å². The number of aromatic hydroxyl groups is 1. The molecule has 0 aliphatic carbocycles. The number of phenols is 1. The zero-order valence-corrected chi connectivity index (χ0v) is 13.8. The molecule has 2 N–H and O–H groups in total. The lowest BCUT2D eigenvalue weighted by Crippen LogP contribution is -2.13. The number of benzene rings is 2. The average molecular weight is 341 g/mol. The number of carbonyl (C=O) groups excluding carboxylic acids is 1. The summed E-state index contributed by atoms with van der Waals surface area (Å²) in [4.78, 5) is 21.6. The van der Waals surface area contributed by atoms with Crippen LogP contribution in [0.5, 0.6) is 5.75 Å². The van der Waals surface area contributed by atoms with Crippen molar-refractivity contribution < 1.29 is 9.90 Å². The van der Waals surface area contributed by atoms with E-state index in [1.807, 2.05) is 36.4 Å². The fourth-order valence-corrected chi connectivity index (χ4v) is 2.80. The fourth-order valence-electron chi connectivity index (χ4n) is 2.80. The quantitative estimate of drug-likeness (QED) is 0.546. The Labute approximate surface area is 150 Å². The molecule has 0 bridgehead atoms. The third-order valence-electron chi connectivity index (χ3n) is 4.09. The Hall–Kier alpha value is -3.73. The number of nitrogens with zero attached hydrogens (tertiary/aromatic N) is 2. The Balaban J connectivity index is 1.83. The van der Waals surface area contributed by atoms with Crippen molar-refractivity contribution in [3.8, 4) is 17.0 Å². The predicted molar refractivity (Wildman–Crippen MR) is 101 cm³/mol. The van der Waals surface area contributed by atoms with Crippen LogP contribution >= 0.6 is 0 Å². The van der Waals surface area contributed by atoms with Gasteiger partial charge in [-0.1, -0.05) is 30.3 Å². The molecular weight excluding hydrogens is 326 g/mol. The maximum atomic E-state index is 12.9. The maximum absolute atomic E-state index is 12.9. The number of anilines is 1. The Morgan fingerprint density at radius 2 is 1.65 bits per heavy atom. The first-order valence-corrected chi connectivity index (χ1v) is 8.12. The van der Waals surface area contributed by atoms with Crippen LogP contribution in [0, 0.1) is 0 Å². The number of pyridine rings is 2. The number of carbonyl (C=O) groups is 1. The van der Waals surface area contributed by atoms with Gasteiger partial charge in [0.1, 0.15) is 5.75 Å². The number of para-hydroxylation sites is 3. The molecule has 0 atom stereocenters. The molecule has 4 aromatic rings. The van der Waals surface area contributed by atoms with Crippen LogP contribution in [0.1, 0.15) is 10.4 Å². The molecule has 5 heteroatoms. The molecule has 0 fully saturated rings. The number of fused-ring (bicyclic) bond motifs is 1. The summed E-state index contributed by atoms with van der Waals surface area (Å²) >= 11 is 0. The topological polar surface area (TPSA) is 75.1 Å². The lowest BCUT2D eigenvalue weighted by atomic mass is 10.0. The second-order valence-corrected chi connectivity index (χ2v) is 5.78. The largest absolute Gasteiger partial charge is 0.506 e. The van der Waals surface area contributed by atoms with Crippen molar-refractivity contribution in [3.05, 3.63) is 84.7 Å². The van der Waals surface area contributed by atoms with E-state index >= 15 is 0 Å². The van der Waals surface area contributed by atoms with E-state index in [1.165, 1.54) is 6.07 Å². The van der Waals surface area contributed by atoms with Crippen LogP contribution in [0.4, 0.5) is 5.69 Å². The van der Waals surface area contributed by atoms with Crippen LogP contribution in [0.25, 0.3) is 22.2 Å². The van der Waals surface area contributed by atoms with Gasteiger partial charge >= 0.3 is 0 Å². The van der Waals surface area contributed by atoms with Gasteiger partial charge in [-0.15, -0.1) is 0 Å². The van der Waals surface area contributed by atoms with E-state index in [2.05, 4.69) is 15.3 Å². The van der Waals surface area contributed by atoms with E-state index in [1.54, 1.807) is 36.7 Å². The van der Waals surface area contributed by atoms with Crippen LogP contribution in [0.2, 0.25) is 0 Å². The van der Waals surface area contributed by atoms with Gasteiger partial charge in [-0.25, -0.2) is 4.98 Å². The zero-order valence-electron chi connectivity index (χ0n) is 13.8. The number of nitrogens with one attached hydrogen (secondary N) is 1. The number of aromatic nitrogens is 2. The third kappa shape index (κ3) is 2.98. The molecule has 0 unspecified atom stereocenters. The van der Waals surface area contributed by atoms with Crippen molar-refractivity contribution in [2.75, 3.05) is 5.32 Å². The average Bonchev–Trinajstić information content (AvgIpc) is 2.69. The van der Waals surface area contributed by atoms with Gasteiger partial charge in [0.2, 0.25) is 0 Å². The van der Waals surface area contributed by atoms with Crippen molar-refractivity contribution in [1.82, 2.24) is 9.97 Å². The fraction of sp³-hybridized carbons (Fsp3) is 0. The summed E-state index contributed by atoms with van der Waals surface area (Å²) in [7, 11) is 0. The van der Waals surface area contributed by atoms with E-state index in [-0.39, 0.29) is 11.7 Å². The number of rotatable bonds is 3. The highest BCUT2D eigenvalue weighted by atomic mass is 16.3. The Bertz CT molecular complexity index is 1090. The van der Waals surface area contributed by atoms with Crippen LogP contribution < -0.4 is 5.32 Å². The Morgan fingerprint density at radius 1 is 0.923 bits per heavy atom. The normalized spacial score (nSPS) is 10.6. The van der Waals surface area contributed by atoms with Gasteiger partial charge in [-0.3, -0.25) is 9.78 Å². The van der Waals surface area contributed by atoms with E-state index in [9.17, 15) is 9.90 Å². The molecule has 26 heavy (non-hydrogen) atoms. The van der Waals surface area contributed by atoms with Crippen molar-refractivity contribution in [2.24, 2.45) is 0 Å². The summed E-state index contributed by atoms with van der Waals surface area (Å²) in [6.07, 6.45) is 3.38. The standard InChI is InChI=1S/C21H15N3O2/c25-20-8-4-3-7-18(20)24-21(26)16-13-19(14-9-11-22-12-10-14)23-17-6-2-1-5-15(16)17/h1-13,25H,(H,24,26). The monoisotopic (exact) mass is 341 g/mol. The number of amides is 1. The number of hydrogen-bond donors (Lipinski definition) is 2. The Morgan fingerprint density at radius 3 is 2.46 bits per heavy atom. The summed E-state index contributed by atoms with van der Waals surface area (Å²) in [6.45, 7) is 0. The molecule has 2 heterocycles. The van der Waals surface area contributed by atoms with E-state index in [0.29, 0.717) is 16.9 Å². The van der Waals surface area contributed by atoms with Crippen LogP contribution in [-0.2, 0) is 0 Å². The molecule has 0 saturated heterocycles. The van der Waals surface area contributed by atoms with Crippen molar-refractivity contribution in [1.29, 1.82) is 0 Å². The lowest BCUT2D eigenvalue weighted by molar-refractivity contribution is 0.102. The molecular formula is C21H15N3O2. The molecule has 0 radical (unpaired) electrons. The van der Waals surface area contributed by atoms with Gasteiger partial charge in [0, 0.05) is 23.3 Å². The summed E-state index contributed by atoms with van der Waals surface area (Å²) in [5, 5.41) is 13.4. The third-order valence-corrected chi connectivity index (χ3v) is 4.09. The molecule has 5 nitrogen and oxygen atoms in total. The van der Waals surface area contributed by atoms with Crippen molar-refractivity contribution in [2.45, 2.75) is 0 Å². The predicted octanol–water partition coefficient (Wildman–Crippen LogP) is 4.25. The van der Waals surface area contributed by atoms with Gasteiger partial charge in [-0.05, 0) is 36.4 Å². The highest BCUT2D eigenvalue weighted by Gasteiger charge is 2.15. The molecule has 0 aliphatic rings. The molecule has 0 aliphatic heterocycles. The first kappa shape index (κ1) is 15.8. The van der Waals surface area contributed by atoms with E-state index in [0.717, 1.165) is 16.5 Å². The molecule has 2 aromatic heterocycles. The summed E-state index contributed by atoms with van der Waals surface area (Å²) < 4.78 is 0. The number of phenolic OH excluding ortho intramolecular Hbond substituents is 1. The maximum Gasteiger partial charge on any atom is 0.256 e. The Kier molecular flexibility index (Phi) is 4.03. The second kappa shape index (κ2) is 6.64. The minimum absolute atomic E-state index is 0.0218. The zero-order chi connectivity index (χ0) is 17.9. The highest BCUT2D eigenvalue weighted by Crippen LogP contribution is 2.27. The molecule has 4 rings (SSSR count). The SMILES string of the molecule is O=C(Nc1ccccc1O)c1cc(-c2ccncc2)nc2ccccc12. The summed E-state index contributed by atoms with van der Waals surface area (Å²) in [5.41, 5.74) is 3.15. The first-order valence-electron chi connectivity index (χ1n) is 8.12. The van der Waals surface area contributed by atoms with E-state index < -0.39 is 0 Å². The summed E-state index contributed by atoms with van der Waals surface area (Å²) in [6, 6.07) is 19.6. The summed E-state index contributed by atoms with van der Waals surface area (Å²) in [5.74, 6) is -0.283. The molecule has 1 amide bonds. The molecule has 0 spiro atoms. The van der Waals surface area contributed by atoms with Gasteiger partial charge in [-0.2, -0.15) is 0 Å². The number of hydrogen-bond acceptors (Lipinski definition) is 4. The highest BCUT2D eigenvalue weighted by molar-refractivity contribution is 6.13. The van der Waals surface area contributed by atoms with Gasteiger partial charge < -0.3 is 10.4 Å². The minimum atomic E-state index is -0.305. The second-order valence-electron chi connectivity index (χ2n) is 5.78. The molecule has 0 saturated carbocycles. The smallest absolute Gasteiger partial charge is 0.256 e. The first-order chi connectivity index (χ1) is 12.7. The van der Waals surface area contributed by atoms with E-state index in [4.69, 9.17) is 0 Å². The molecule has 126 valence electrons. The van der Waals surface area contributed by atoms with Crippen LogP contribution in [0.15, 0.2) is 79.1 Å². The van der Waals surface area contributed by atoms with Crippen molar-refractivity contribution >= 4 is 22.5 Å². The van der Waals surface area contributed by atoms with Gasteiger partial charge in [0.15, 0.2) is 0 Å². The van der Waals surface area contributed by atoms with Crippen LogP contribution in [0.3, 0.4) is 0 Å². The van der Waals surface area contributed by atoms with Gasteiger partial charge in [0.25, 0.3) is 5.91 Å². The lowest BCUT2D eigenvalue weighted by Gasteiger charge is -2.11. The van der Waals surface area contributed by atoms with Crippen LogP contribution in [-0.4, -0.2) is 21.0 Å².